The Kier molecular flexibility index (Phi) is 7.50. The summed E-state index contributed by atoms with van der Waals surface area (Å²) in [4.78, 5) is 12.9. The maximum Gasteiger partial charge on any atom is 0.245 e. The number of sulfonamides is 1. The molecule has 0 spiro atoms. The average molecular weight is 477 g/mol. The predicted octanol–water partition coefficient (Wildman–Crippen LogP) is 4.32. The van der Waals surface area contributed by atoms with Crippen molar-refractivity contribution >= 4 is 33.2 Å². The summed E-state index contributed by atoms with van der Waals surface area (Å²) in [7, 11) is -2.86. The van der Waals surface area contributed by atoms with Gasteiger partial charge < -0.3 is 10.1 Å². The summed E-state index contributed by atoms with van der Waals surface area (Å²) in [6.45, 7) is 1.71. The van der Waals surface area contributed by atoms with E-state index in [1.54, 1.807) is 31.2 Å². The third kappa shape index (κ3) is 5.85. The number of rotatable bonds is 8. The fourth-order valence-corrected chi connectivity index (χ4v) is 4.72. The quantitative estimate of drug-likeness (QED) is 0.507. The summed E-state index contributed by atoms with van der Waals surface area (Å²) in [5.74, 6) is -1.07. The van der Waals surface area contributed by atoms with E-state index in [9.17, 15) is 17.6 Å². The van der Waals surface area contributed by atoms with Crippen LogP contribution in [-0.4, -0.2) is 27.5 Å². The van der Waals surface area contributed by atoms with Gasteiger partial charge in [0.2, 0.25) is 15.9 Å². The summed E-state index contributed by atoms with van der Waals surface area (Å²) < 4.78 is 47.6. The van der Waals surface area contributed by atoms with Gasteiger partial charge in [0.15, 0.2) is 0 Å². The summed E-state index contributed by atoms with van der Waals surface area (Å²) in [5, 5.41) is 2.82. The lowest BCUT2D eigenvalue weighted by Crippen LogP contribution is -2.45. The summed E-state index contributed by atoms with van der Waals surface area (Å²) >= 11 is 5.99. The zero-order valence-corrected chi connectivity index (χ0v) is 19.0. The minimum atomic E-state index is -4.19. The van der Waals surface area contributed by atoms with Crippen LogP contribution in [0.3, 0.4) is 0 Å². The van der Waals surface area contributed by atoms with E-state index in [2.05, 4.69) is 10.0 Å². The van der Waals surface area contributed by atoms with E-state index in [1.165, 1.54) is 43.5 Å². The van der Waals surface area contributed by atoms with Crippen molar-refractivity contribution in [3.63, 3.8) is 0 Å². The van der Waals surface area contributed by atoms with Crippen molar-refractivity contribution in [2.75, 3.05) is 12.4 Å². The molecule has 1 atom stereocenters. The van der Waals surface area contributed by atoms with Crippen LogP contribution in [0.4, 0.5) is 10.1 Å². The van der Waals surface area contributed by atoms with Crippen molar-refractivity contribution in [1.29, 1.82) is 0 Å². The number of carbonyl (C=O) groups excluding carboxylic acids is 1. The zero-order chi connectivity index (χ0) is 23.3. The van der Waals surface area contributed by atoms with E-state index in [0.717, 1.165) is 5.56 Å². The Balaban J connectivity index is 1.95. The van der Waals surface area contributed by atoms with Crippen LogP contribution in [-0.2, 0) is 21.2 Å². The standard InChI is InChI=1S/C23H22ClFN2O4S/c1-15-8-10-18(25)14-19(15)26-23(28)20(12-16-6-4-3-5-7-16)27-32(29,30)22-13-17(24)9-11-21(22)31-2/h3-11,13-14,20,27H,12H2,1-2H3,(H,26,28)/t20-/m0/s1. The molecule has 0 saturated heterocycles. The Morgan fingerprint density at radius 2 is 1.81 bits per heavy atom. The third-order valence-electron chi connectivity index (χ3n) is 4.77. The molecule has 0 aromatic heterocycles. The number of halogens is 2. The molecule has 1 amide bonds. The van der Waals surface area contributed by atoms with Crippen LogP contribution >= 0.6 is 11.6 Å². The number of anilines is 1. The second kappa shape index (κ2) is 10.1. The predicted molar refractivity (Wildman–Crippen MR) is 122 cm³/mol. The van der Waals surface area contributed by atoms with Crippen molar-refractivity contribution in [2.24, 2.45) is 0 Å². The SMILES string of the molecule is COc1ccc(Cl)cc1S(=O)(=O)N[C@@H](Cc1ccccc1)C(=O)Nc1cc(F)ccc1C. The van der Waals surface area contributed by atoms with Gasteiger partial charge in [-0.2, -0.15) is 4.72 Å². The van der Waals surface area contributed by atoms with E-state index in [1.807, 2.05) is 6.07 Å². The number of carbonyl (C=O) groups is 1. The molecule has 0 heterocycles. The Morgan fingerprint density at radius 3 is 2.50 bits per heavy atom. The first kappa shape index (κ1) is 23.7. The molecule has 3 aromatic carbocycles. The van der Waals surface area contributed by atoms with Crippen LogP contribution in [0.5, 0.6) is 5.75 Å². The normalized spacial score (nSPS) is 12.2. The molecule has 0 aliphatic rings. The van der Waals surface area contributed by atoms with Crippen molar-refractivity contribution in [1.82, 2.24) is 4.72 Å². The number of methoxy groups -OCH3 is 1. The van der Waals surface area contributed by atoms with E-state index < -0.39 is 27.8 Å². The number of aryl methyl sites for hydroxylation is 1. The van der Waals surface area contributed by atoms with Crippen LogP contribution in [0.25, 0.3) is 0 Å². The first-order valence-electron chi connectivity index (χ1n) is 9.66. The van der Waals surface area contributed by atoms with Gasteiger partial charge in [0.1, 0.15) is 22.5 Å². The monoisotopic (exact) mass is 476 g/mol. The number of amides is 1. The lowest BCUT2D eigenvalue weighted by molar-refractivity contribution is -0.117. The molecule has 0 aliphatic carbocycles. The zero-order valence-electron chi connectivity index (χ0n) is 17.4. The summed E-state index contributed by atoms with van der Waals surface area (Å²) in [6.07, 6.45) is 0.0726. The highest BCUT2D eigenvalue weighted by atomic mass is 35.5. The Labute approximate surface area is 191 Å². The molecular weight excluding hydrogens is 455 g/mol. The molecule has 6 nitrogen and oxygen atoms in total. The highest BCUT2D eigenvalue weighted by molar-refractivity contribution is 7.89. The number of hydrogen-bond donors (Lipinski definition) is 2. The van der Waals surface area contributed by atoms with Gasteiger partial charge in [-0.1, -0.05) is 48.0 Å². The molecule has 168 valence electrons. The molecule has 9 heteroatoms. The molecule has 0 radical (unpaired) electrons. The van der Waals surface area contributed by atoms with Crippen molar-refractivity contribution in [3.05, 3.63) is 88.7 Å². The second-order valence-electron chi connectivity index (χ2n) is 7.11. The van der Waals surface area contributed by atoms with Crippen LogP contribution in [0.2, 0.25) is 5.02 Å². The minimum Gasteiger partial charge on any atom is -0.495 e. The Morgan fingerprint density at radius 1 is 1.09 bits per heavy atom. The van der Waals surface area contributed by atoms with E-state index in [4.69, 9.17) is 16.3 Å². The maximum atomic E-state index is 13.7. The molecule has 32 heavy (non-hydrogen) atoms. The molecule has 3 aromatic rings. The molecule has 0 unspecified atom stereocenters. The second-order valence-corrected chi connectivity index (χ2v) is 9.23. The van der Waals surface area contributed by atoms with Gasteiger partial charge in [0.05, 0.1) is 7.11 Å². The molecule has 0 saturated carbocycles. The van der Waals surface area contributed by atoms with Gasteiger partial charge >= 0.3 is 0 Å². The highest BCUT2D eigenvalue weighted by Crippen LogP contribution is 2.27. The Hall–Kier alpha value is -2.94. The molecule has 0 fully saturated rings. The Bertz CT molecular complexity index is 1220. The van der Waals surface area contributed by atoms with Crippen LogP contribution in [0.1, 0.15) is 11.1 Å². The largest absolute Gasteiger partial charge is 0.495 e. The maximum absolute atomic E-state index is 13.7. The topological polar surface area (TPSA) is 84.5 Å². The highest BCUT2D eigenvalue weighted by Gasteiger charge is 2.29. The summed E-state index contributed by atoms with van der Waals surface area (Å²) in [6, 6.07) is 15.9. The van der Waals surface area contributed by atoms with Crippen LogP contribution < -0.4 is 14.8 Å². The minimum absolute atomic E-state index is 0.0726. The average Bonchev–Trinajstić information content (AvgIpc) is 2.76. The molecule has 2 N–H and O–H groups in total. The van der Waals surface area contributed by atoms with Gasteiger partial charge in [-0.05, 0) is 54.8 Å². The first-order chi connectivity index (χ1) is 15.2. The lowest BCUT2D eigenvalue weighted by Gasteiger charge is -2.20. The smallest absolute Gasteiger partial charge is 0.245 e. The number of ether oxygens (including phenoxy) is 1. The summed E-state index contributed by atoms with van der Waals surface area (Å²) in [5.41, 5.74) is 1.63. The lowest BCUT2D eigenvalue weighted by atomic mass is 10.1. The molecular formula is C23H22ClFN2O4S. The van der Waals surface area contributed by atoms with Crippen molar-refractivity contribution in [2.45, 2.75) is 24.3 Å². The number of benzene rings is 3. The fraction of sp³-hybridized carbons (Fsp3) is 0.174. The molecule has 0 bridgehead atoms. The van der Waals surface area contributed by atoms with Crippen molar-refractivity contribution in [3.8, 4) is 5.75 Å². The van der Waals surface area contributed by atoms with Gasteiger partial charge in [-0.25, -0.2) is 12.8 Å². The fourth-order valence-electron chi connectivity index (χ4n) is 3.10. The molecule has 0 aliphatic heterocycles. The van der Waals surface area contributed by atoms with Gasteiger partial charge in [0.25, 0.3) is 0 Å². The van der Waals surface area contributed by atoms with E-state index in [-0.39, 0.29) is 27.8 Å². The van der Waals surface area contributed by atoms with E-state index >= 15 is 0 Å². The molecule has 3 rings (SSSR count). The van der Waals surface area contributed by atoms with Crippen LogP contribution in [0.15, 0.2) is 71.6 Å². The van der Waals surface area contributed by atoms with E-state index in [0.29, 0.717) is 5.56 Å². The van der Waals surface area contributed by atoms with Crippen molar-refractivity contribution < 1.29 is 22.3 Å². The van der Waals surface area contributed by atoms with Crippen LogP contribution in [0, 0.1) is 12.7 Å². The first-order valence-corrected chi connectivity index (χ1v) is 11.5. The van der Waals surface area contributed by atoms with Gasteiger partial charge in [0, 0.05) is 10.7 Å². The van der Waals surface area contributed by atoms with Gasteiger partial charge in [-0.15, -0.1) is 0 Å². The van der Waals surface area contributed by atoms with Gasteiger partial charge in [-0.3, -0.25) is 4.79 Å². The number of hydrogen-bond acceptors (Lipinski definition) is 4. The number of nitrogens with one attached hydrogen (secondary N) is 2. The third-order valence-corrected chi connectivity index (χ3v) is 6.50.